The van der Waals surface area contributed by atoms with Crippen molar-refractivity contribution in [3.05, 3.63) is 29.3 Å². The Labute approximate surface area is 111 Å². The van der Waals surface area contributed by atoms with Crippen LogP contribution in [0.25, 0.3) is 0 Å². The molecule has 2 rings (SSSR count). The first kappa shape index (κ1) is 14.2. The van der Waals surface area contributed by atoms with Crippen LogP contribution in [0.15, 0.2) is 18.2 Å². The molecule has 3 atom stereocenters. The first-order chi connectivity index (χ1) is 8.77. The van der Waals surface area contributed by atoms with Crippen LogP contribution in [0.2, 0.25) is 0 Å². The minimum absolute atomic E-state index is 0.122. The van der Waals surface area contributed by atoms with Gasteiger partial charge in [-0.2, -0.15) is 13.2 Å². The SMILES string of the molecule is CC1CC(c2ccc(C(F)(F)F)c(N)c2)C[C@H](N)C1. The molecule has 5 heteroatoms. The molecule has 1 aliphatic carbocycles. The van der Waals surface area contributed by atoms with Crippen molar-refractivity contribution in [2.45, 2.75) is 44.3 Å². The summed E-state index contributed by atoms with van der Waals surface area (Å²) in [5, 5.41) is 0. The smallest absolute Gasteiger partial charge is 0.398 e. The van der Waals surface area contributed by atoms with E-state index in [0.717, 1.165) is 30.9 Å². The van der Waals surface area contributed by atoms with E-state index in [4.69, 9.17) is 11.5 Å². The number of hydrogen-bond donors (Lipinski definition) is 2. The summed E-state index contributed by atoms with van der Waals surface area (Å²) in [6.07, 6.45) is -1.64. The Balaban J connectivity index is 2.25. The van der Waals surface area contributed by atoms with Gasteiger partial charge in [-0.15, -0.1) is 0 Å². The van der Waals surface area contributed by atoms with Crippen molar-refractivity contribution in [1.82, 2.24) is 0 Å². The summed E-state index contributed by atoms with van der Waals surface area (Å²) < 4.78 is 37.9. The van der Waals surface area contributed by atoms with Gasteiger partial charge in [-0.25, -0.2) is 0 Å². The third-order valence-corrected chi connectivity index (χ3v) is 3.83. The molecule has 0 saturated heterocycles. The van der Waals surface area contributed by atoms with Crippen LogP contribution in [0.1, 0.15) is 43.2 Å². The Kier molecular flexibility index (Phi) is 3.76. The van der Waals surface area contributed by atoms with Gasteiger partial charge in [0.05, 0.1) is 5.56 Å². The maximum atomic E-state index is 12.6. The third-order valence-electron chi connectivity index (χ3n) is 3.83. The van der Waals surface area contributed by atoms with Gasteiger partial charge < -0.3 is 11.5 Å². The number of alkyl halides is 3. The first-order valence-electron chi connectivity index (χ1n) is 6.49. The number of hydrogen-bond acceptors (Lipinski definition) is 2. The zero-order valence-corrected chi connectivity index (χ0v) is 10.9. The highest BCUT2D eigenvalue weighted by Gasteiger charge is 2.33. The van der Waals surface area contributed by atoms with Gasteiger partial charge in [0.2, 0.25) is 0 Å². The molecule has 1 aromatic rings. The van der Waals surface area contributed by atoms with E-state index >= 15 is 0 Å². The molecule has 0 bridgehead atoms. The molecule has 0 aliphatic heterocycles. The molecule has 19 heavy (non-hydrogen) atoms. The van der Waals surface area contributed by atoms with Crippen LogP contribution in [0.5, 0.6) is 0 Å². The summed E-state index contributed by atoms with van der Waals surface area (Å²) >= 11 is 0. The second-order valence-electron chi connectivity index (χ2n) is 5.61. The first-order valence-corrected chi connectivity index (χ1v) is 6.49. The highest BCUT2D eigenvalue weighted by molar-refractivity contribution is 5.51. The number of benzene rings is 1. The minimum atomic E-state index is -4.39. The molecule has 0 heterocycles. The molecule has 0 radical (unpaired) electrons. The van der Waals surface area contributed by atoms with Crippen molar-refractivity contribution in [2.24, 2.45) is 11.7 Å². The lowest BCUT2D eigenvalue weighted by molar-refractivity contribution is -0.136. The molecule has 0 aromatic heterocycles. The Morgan fingerprint density at radius 3 is 2.37 bits per heavy atom. The average Bonchev–Trinajstić information content (AvgIpc) is 2.25. The second kappa shape index (κ2) is 5.04. The van der Waals surface area contributed by atoms with E-state index < -0.39 is 11.7 Å². The van der Waals surface area contributed by atoms with E-state index in [1.54, 1.807) is 0 Å². The van der Waals surface area contributed by atoms with Crippen molar-refractivity contribution < 1.29 is 13.2 Å². The quantitative estimate of drug-likeness (QED) is 0.768. The average molecular weight is 272 g/mol. The summed E-state index contributed by atoms with van der Waals surface area (Å²) in [7, 11) is 0. The van der Waals surface area contributed by atoms with Gasteiger partial charge in [0.1, 0.15) is 0 Å². The monoisotopic (exact) mass is 272 g/mol. The lowest BCUT2D eigenvalue weighted by atomic mass is 9.76. The fourth-order valence-corrected chi connectivity index (χ4v) is 3.02. The summed E-state index contributed by atoms with van der Waals surface area (Å²) in [6.45, 7) is 2.12. The molecular formula is C14H19F3N2. The molecule has 1 saturated carbocycles. The standard InChI is InChI=1S/C14H19F3N2/c1-8-4-10(6-11(18)5-8)9-2-3-12(13(19)7-9)14(15,16)17/h2-3,7-8,10-11H,4-6,18-19H2,1H3/t8?,10?,11-/m1/s1. The summed E-state index contributed by atoms with van der Waals surface area (Å²) in [5.74, 6) is 0.709. The molecular weight excluding hydrogens is 253 g/mol. The molecule has 1 aromatic carbocycles. The zero-order chi connectivity index (χ0) is 14.2. The molecule has 4 N–H and O–H groups in total. The minimum Gasteiger partial charge on any atom is -0.398 e. The highest BCUT2D eigenvalue weighted by Crippen LogP contribution is 2.39. The summed E-state index contributed by atoms with van der Waals surface area (Å²) in [6, 6.07) is 4.19. The lowest BCUT2D eigenvalue weighted by Gasteiger charge is -2.31. The summed E-state index contributed by atoms with van der Waals surface area (Å²) in [4.78, 5) is 0. The Bertz CT molecular complexity index is 446. The molecule has 1 fully saturated rings. The van der Waals surface area contributed by atoms with E-state index in [2.05, 4.69) is 6.92 Å². The van der Waals surface area contributed by atoms with E-state index in [9.17, 15) is 13.2 Å². The van der Waals surface area contributed by atoms with Gasteiger partial charge in [0, 0.05) is 11.7 Å². The molecule has 0 spiro atoms. The Morgan fingerprint density at radius 2 is 1.84 bits per heavy atom. The van der Waals surface area contributed by atoms with Gasteiger partial charge >= 0.3 is 6.18 Å². The van der Waals surface area contributed by atoms with Crippen LogP contribution in [0.4, 0.5) is 18.9 Å². The van der Waals surface area contributed by atoms with Crippen molar-refractivity contribution in [3.8, 4) is 0 Å². The predicted octanol–water partition coefficient (Wildman–Crippen LogP) is 3.52. The lowest BCUT2D eigenvalue weighted by Crippen LogP contribution is -2.31. The van der Waals surface area contributed by atoms with E-state index in [0.29, 0.717) is 5.92 Å². The summed E-state index contributed by atoms with van der Waals surface area (Å²) in [5.41, 5.74) is 11.4. The largest absolute Gasteiger partial charge is 0.418 e. The molecule has 106 valence electrons. The van der Waals surface area contributed by atoms with Crippen LogP contribution >= 0.6 is 0 Å². The van der Waals surface area contributed by atoms with Gasteiger partial charge in [-0.1, -0.05) is 13.0 Å². The highest BCUT2D eigenvalue weighted by atomic mass is 19.4. The predicted molar refractivity (Wildman–Crippen MR) is 69.6 cm³/mol. The number of halogens is 3. The van der Waals surface area contributed by atoms with Crippen LogP contribution < -0.4 is 11.5 Å². The molecule has 1 aliphatic rings. The van der Waals surface area contributed by atoms with E-state index in [1.165, 1.54) is 12.1 Å². The maximum Gasteiger partial charge on any atom is 0.418 e. The molecule has 2 unspecified atom stereocenters. The van der Waals surface area contributed by atoms with E-state index in [1.807, 2.05) is 0 Å². The molecule has 2 nitrogen and oxygen atoms in total. The van der Waals surface area contributed by atoms with Gasteiger partial charge in [0.15, 0.2) is 0 Å². The maximum absolute atomic E-state index is 12.6. The van der Waals surface area contributed by atoms with Crippen LogP contribution in [0.3, 0.4) is 0 Å². The number of nitrogens with two attached hydrogens (primary N) is 2. The second-order valence-corrected chi connectivity index (χ2v) is 5.61. The molecule has 0 amide bonds. The topological polar surface area (TPSA) is 52.0 Å². The fourth-order valence-electron chi connectivity index (χ4n) is 3.02. The van der Waals surface area contributed by atoms with Crippen LogP contribution in [-0.2, 0) is 6.18 Å². The Hall–Kier alpha value is -1.23. The van der Waals surface area contributed by atoms with Crippen molar-refractivity contribution in [2.75, 3.05) is 5.73 Å². The third kappa shape index (κ3) is 3.21. The van der Waals surface area contributed by atoms with Gasteiger partial charge in [0.25, 0.3) is 0 Å². The van der Waals surface area contributed by atoms with Crippen LogP contribution in [0, 0.1) is 5.92 Å². The fraction of sp³-hybridized carbons (Fsp3) is 0.571. The van der Waals surface area contributed by atoms with Gasteiger partial charge in [-0.05, 0) is 48.8 Å². The normalized spacial score (nSPS) is 28.4. The van der Waals surface area contributed by atoms with Crippen molar-refractivity contribution in [1.29, 1.82) is 0 Å². The Morgan fingerprint density at radius 1 is 1.16 bits per heavy atom. The number of anilines is 1. The van der Waals surface area contributed by atoms with Crippen molar-refractivity contribution >= 4 is 5.69 Å². The number of rotatable bonds is 1. The number of nitrogen functional groups attached to an aromatic ring is 1. The van der Waals surface area contributed by atoms with E-state index in [-0.39, 0.29) is 17.6 Å². The van der Waals surface area contributed by atoms with Gasteiger partial charge in [-0.3, -0.25) is 0 Å². The zero-order valence-electron chi connectivity index (χ0n) is 10.9. The van der Waals surface area contributed by atoms with Crippen molar-refractivity contribution in [3.63, 3.8) is 0 Å². The van der Waals surface area contributed by atoms with Crippen LogP contribution in [-0.4, -0.2) is 6.04 Å².